The number of allylic oxidation sites excluding steroid dienone is 1. The topological polar surface area (TPSA) is 77.8 Å². The molecule has 3 aromatic carbocycles. The van der Waals surface area contributed by atoms with E-state index in [0.29, 0.717) is 48.4 Å². The first-order valence-corrected chi connectivity index (χ1v) is 11.3. The zero-order chi connectivity index (χ0) is 25.2. The van der Waals surface area contributed by atoms with Crippen molar-refractivity contribution in [2.75, 3.05) is 19.8 Å². The molecule has 0 aliphatic rings. The Hall–Kier alpha value is -4.31. The molecule has 0 aliphatic heterocycles. The van der Waals surface area contributed by atoms with E-state index in [2.05, 4.69) is 0 Å². The second kappa shape index (κ2) is 12.2. The second-order valence-corrected chi connectivity index (χ2v) is 7.21. The molecule has 6 nitrogen and oxygen atoms in total. The van der Waals surface area contributed by atoms with Crippen molar-refractivity contribution in [3.8, 4) is 29.1 Å². The molecule has 35 heavy (non-hydrogen) atoms. The van der Waals surface area contributed by atoms with Crippen molar-refractivity contribution in [1.29, 1.82) is 5.26 Å². The Kier molecular flexibility index (Phi) is 8.85. The van der Waals surface area contributed by atoms with Gasteiger partial charge in [0, 0.05) is 5.56 Å². The third-order valence-electron chi connectivity index (χ3n) is 4.83. The molecule has 0 fully saturated rings. The summed E-state index contributed by atoms with van der Waals surface area (Å²) in [7, 11) is 0. The number of nitriles is 1. The van der Waals surface area contributed by atoms with Crippen LogP contribution in [0.2, 0.25) is 0 Å². The average molecular weight is 476 g/mol. The first-order valence-electron chi connectivity index (χ1n) is 11.3. The van der Waals surface area contributed by atoms with Gasteiger partial charge in [-0.3, -0.25) is 0 Å². The number of hydrogen-bond donors (Lipinski definition) is 0. The van der Waals surface area contributed by atoms with Crippen LogP contribution in [0.4, 0.5) is 4.39 Å². The van der Waals surface area contributed by atoms with Crippen molar-refractivity contribution in [3.63, 3.8) is 0 Å². The summed E-state index contributed by atoms with van der Waals surface area (Å²) >= 11 is 0. The van der Waals surface area contributed by atoms with E-state index < -0.39 is 11.8 Å². The SMILES string of the molecule is CCOc1cc(C(=O)Oc2ccc(/C=C(/C#N)c3ccccc3F)cc2)cc(OCC)c1OCC. The van der Waals surface area contributed by atoms with Gasteiger partial charge in [0.05, 0.1) is 37.0 Å². The maximum Gasteiger partial charge on any atom is 0.343 e. The molecule has 7 heteroatoms. The molecule has 180 valence electrons. The largest absolute Gasteiger partial charge is 0.490 e. The zero-order valence-corrected chi connectivity index (χ0v) is 19.8. The van der Waals surface area contributed by atoms with E-state index in [9.17, 15) is 14.4 Å². The van der Waals surface area contributed by atoms with Gasteiger partial charge >= 0.3 is 5.97 Å². The summed E-state index contributed by atoms with van der Waals surface area (Å²) in [5, 5.41) is 9.46. The number of halogens is 1. The number of nitrogens with zero attached hydrogens (tertiary/aromatic N) is 1. The van der Waals surface area contributed by atoms with Crippen molar-refractivity contribution in [2.24, 2.45) is 0 Å². The summed E-state index contributed by atoms with van der Waals surface area (Å²) < 4.78 is 36.5. The van der Waals surface area contributed by atoms with Gasteiger partial charge in [-0.2, -0.15) is 5.26 Å². The molecule has 0 spiro atoms. The van der Waals surface area contributed by atoms with E-state index in [-0.39, 0.29) is 16.7 Å². The molecular formula is C28H26FNO5. The first kappa shape index (κ1) is 25.3. The van der Waals surface area contributed by atoms with Crippen molar-refractivity contribution in [3.05, 3.63) is 83.2 Å². The fraction of sp³-hybridized carbons (Fsp3) is 0.214. The van der Waals surface area contributed by atoms with Crippen molar-refractivity contribution >= 4 is 17.6 Å². The molecule has 0 saturated carbocycles. The van der Waals surface area contributed by atoms with Crippen molar-refractivity contribution < 1.29 is 28.1 Å². The van der Waals surface area contributed by atoms with Crippen molar-refractivity contribution in [1.82, 2.24) is 0 Å². The van der Waals surface area contributed by atoms with Gasteiger partial charge in [0.2, 0.25) is 5.75 Å². The van der Waals surface area contributed by atoms with Crippen LogP contribution in [-0.2, 0) is 0 Å². The number of hydrogen-bond acceptors (Lipinski definition) is 6. The lowest BCUT2D eigenvalue weighted by molar-refractivity contribution is 0.0733. The molecule has 0 saturated heterocycles. The minimum Gasteiger partial charge on any atom is -0.490 e. The van der Waals surface area contributed by atoms with E-state index in [1.54, 1.807) is 60.7 Å². The predicted octanol–water partition coefficient (Wildman–Crippen LogP) is 6.31. The Balaban J connectivity index is 1.83. The maximum atomic E-state index is 14.0. The molecule has 0 bridgehead atoms. The number of esters is 1. The van der Waals surface area contributed by atoms with Gasteiger partial charge < -0.3 is 18.9 Å². The van der Waals surface area contributed by atoms with Crippen LogP contribution < -0.4 is 18.9 Å². The molecule has 0 heterocycles. The molecule has 0 aliphatic carbocycles. The maximum absolute atomic E-state index is 14.0. The minimum absolute atomic E-state index is 0.189. The van der Waals surface area contributed by atoms with Gasteiger partial charge in [-0.25, -0.2) is 9.18 Å². The van der Waals surface area contributed by atoms with Crippen LogP contribution in [0.5, 0.6) is 23.0 Å². The van der Waals surface area contributed by atoms with Crippen LogP contribution in [-0.4, -0.2) is 25.8 Å². The summed E-state index contributed by atoms with van der Waals surface area (Å²) in [5.74, 6) is 0.463. The molecule has 0 unspecified atom stereocenters. The molecule has 0 radical (unpaired) electrons. The van der Waals surface area contributed by atoms with E-state index >= 15 is 0 Å². The van der Waals surface area contributed by atoms with Crippen LogP contribution in [0, 0.1) is 17.1 Å². The molecular weight excluding hydrogens is 449 g/mol. The summed E-state index contributed by atoms with van der Waals surface area (Å²) in [6.45, 7) is 6.70. The van der Waals surface area contributed by atoms with Crippen LogP contribution in [0.1, 0.15) is 42.3 Å². The van der Waals surface area contributed by atoms with Gasteiger partial charge in [-0.05, 0) is 62.7 Å². The highest BCUT2D eigenvalue weighted by Crippen LogP contribution is 2.39. The Labute approximate surface area is 204 Å². The molecule has 3 aromatic rings. The fourth-order valence-corrected chi connectivity index (χ4v) is 3.32. The van der Waals surface area contributed by atoms with Crippen LogP contribution in [0.15, 0.2) is 60.7 Å². The third kappa shape index (κ3) is 6.39. The molecule has 3 rings (SSSR count). The van der Waals surface area contributed by atoms with Gasteiger partial charge in [-0.15, -0.1) is 0 Å². The Morgan fingerprint density at radius 3 is 2.06 bits per heavy atom. The van der Waals surface area contributed by atoms with E-state index in [4.69, 9.17) is 18.9 Å². The third-order valence-corrected chi connectivity index (χ3v) is 4.83. The van der Waals surface area contributed by atoms with Gasteiger partial charge in [0.1, 0.15) is 11.6 Å². The van der Waals surface area contributed by atoms with Crippen LogP contribution >= 0.6 is 0 Å². The van der Waals surface area contributed by atoms with Crippen LogP contribution in [0.25, 0.3) is 11.6 Å². The number of carbonyl (C=O) groups excluding carboxylic acids is 1. The lowest BCUT2D eigenvalue weighted by Crippen LogP contribution is -2.11. The smallest absolute Gasteiger partial charge is 0.343 e. The van der Waals surface area contributed by atoms with Gasteiger partial charge in [0.15, 0.2) is 11.5 Å². The highest BCUT2D eigenvalue weighted by atomic mass is 19.1. The molecule has 0 amide bonds. The first-order chi connectivity index (χ1) is 17.0. The number of benzene rings is 3. The monoisotopic (exact) mass is 475 g/mol. The Bertz CT molecular complexity index is 1220. The van der Waals surface area contributed by atoms with E-state index in [0.717, 1.165) is 0 Å². The normalized spacial score (nSPS) is 10.9. The summed E-state index contributed by atoms with van der Waals surface area (Å²) in [5.41, 5.74) is 1.31. The number of rotatable bonds is 10. The highest BCUT2D eigenvalue weighted by Gasteiger charge is 2.19. The highest BCUT2D eigenvalue weighted by molar-refractivity contribution is 5.93. The lowest BCUT2D eigenvalue weighted by atomic mass is 10.0. The Morgan fingerprint density at radius 2 is 1.51 bits per heavy atom. The number of carbonyl (C=O) groups is 1. The summed E-state index contributed by atoms with van der Waals surface area (Å²) in [4.78, 5) is 12.9. The quantitative estimate of drug-likeness (QED) is 0.148. The van der Waals surface area contributed by atoms with Gasteiger partial charge in [0.25, 0.3) is 0 Å². The van der Waals surface area contributed by atoms with E-state index in [1.807, 2.05) is 26.8 Å². The molecule has 0 atom stereocenters. The minimum atomic E-state index is -0.595. The fourth-order valence-electron chi connectivity index (χ4n) is 3.32. The van der Waals surface area contributed by atoms with E-state index in [1.165, 1.54) is 6.07 Å². The Morgan fingerprint density at radius 1 is 0.914 bits per heavy atom. The van der Waals surface area contributed by atoms with Gasteiger partial charge in [-0.1, -0.05) is 30.3 Å². The number of ether oxygens (including phenoxy) is 4. The summed E-state index contributed by atoms with van der Waals surface area (Å²) in [6.07, 6.45) is 1.57. The van der Waals surface area contributed by atoms with Crippen LogP contribution in [0.3, 0.4) is 0 Å². The standard InChI is InChI=1S/C28H26FNO5/c1-4-32-25-16-20(17-26(33-5-2)27(25)34-6-3)28(31)35-22-13-11-19(12-14-22)15-21(18-30)23-9-7-8-10-24(23)29/h7-17H,4-6H2,1-3H3/b21-15-. The van der Waals surface area contributed by atoms with Crippen molar-refractivity contribution in [2.45, 2.75) is 20.8 Å². The average Bonchev–Trinajstić information content (AvgIpc) is 2.86. The summed E-state index contributed by atoms with van der Waals surface area (Å²) in [6, 6.07) is 17.8. The lowest BCUT2D eigenvalue weighted by Gasteiger charge is -2.16. The zero-order valence-electron chi connectivity index (χ0n) is 19.8. The predicted molar refractivity (Wildman–Crippen MR) is 131 cm³/mol. The molecule has 0 N–H and O–H groups in total. The molecule has 0 aromatic heterocycles. The second-order valence-electron chi connectivity index (χ2n) is 7.21.